The summed E-state index contributed by atoms with van der Waals surface area (Å²) in [5.74, 6) is -2.33. The van der Waals surface area contributed by atoms with Gasteiger partial charge in [-0.25, -0.2) is 4.79 Å². The first-order chi connectivity index (χ1) is 10.3. The van der Waals surface area contributed by atoms with Crippen molar-refractivity contribution in [1.82, 2.24) is 5.32 Å². The highest BCUT2D eigenvalue weighted by atomic mass is 16.4. The number of nitrogens with one attached hydrogen (secondary N) is 1. The molecule has 0 aliphatic rings. The number of aromatic hydroxyl groups is 2. The van der Waals surface area contributed by atoms with Crippen molar-refractivity contribution < 1.29 is 24.9 Å². The zero-order chi connectivity index (χ0) is 16.7. The van der Waals surface area contributed by atoms with Crippen LogP contribution in [0.4, 0.5) is 0 Å². The van der Waals surface area contributed by atoms with Gasteiger partial charge in [0.1, 0.15) is 6.04 Å². The Labute approximate surface area is 128 Å². The number of amides is 1. The Bertz CT molecular complexity index is 533. The SMILES string of the molecule is CCCC[C@H](N)C(=O)NC(Cc1ccc(O)c(O)c1)C(=O)O. The molecular formula is C15H22N2O5. The third-order valence-corrected chi connectivity index (χ3v) is 3.30. The Morgan fingerprint density at radius 3 is 2.50 bits per heavy atom. The number of aliphatic carboxylic acids is 1. The molecule has 1 aromatic rings. The van der Waals surface area contributed by atoms with E-state index in [2.05, 4.69) is 5.32 Å². The molecule has 0 aromatic heterocycles. The molecule has 1 unspecified atom stereocenters. The van der Waals surface area contributed by atoms with Gasteiger partial charge in [-0.2, -0.15) is 0 Å². The summed E-state index contributed by atoms with van der Waals surface area (Å²) in [7, 11) is 0. The van der Waals surface area contributed by atoms with E-state index in [1.54, 1.807) is 0 Å². The summed E-state index contributed by atoms with van der Waals surface area (Å²) in [6, 6.07) is 2.11. The molecule has 0 spiro atoms. The van der Waals surface area contributed by atoms with Crippen LogP contribution in [0.25, 0.3) is 0 Å². The number of carbonyl (C=O) groups is 2. The molecule has 0 aliphatic carbocycles. The summed E-state index contributed by atoms with van der Waals surface area (Å²) in [5.41, 5.74) is 6.19. The van der Waals surface area contributed by atoms with Crippen LogP contribution in [0, 0.1) is 0 Å². The minimum absolute atomic E-state index is 0.0184. The minimum atomic E-state index is -1.19. The van der Waals surface area contributed by atoms with E-state index in [0.717, 1.165) is 12.8 Å². The van der Waals surface area contributed by atoms with Crippen molar-refractivity contribution in [3.8, 4) is 11.5 Å². The highest BCUT2D eigenvalue weighted by Gasteiger charge is 2.23. The number of carboxylic acid groups (broad SMARTS) is 1. The van der Waals surface area contributed by atoms with Crippen LogP contribution in [0.1, 0.15) is 31.7 Å². The Morgan fingerprint density at radius 1 is 1.27 bits per heavy atom. The lowest BCUT2D eigenvalue weighted by Gasteiger charge is -2.18. The van der Waals surface area contributed by atoms with Crippen LogP contribution >= 0.6 is 0 Å². The van der Waals surface area contributed by atoms with Crippen molar-refractivity contribution in [3.05, 3.63) is 23.8 Å². The van der Waals surface area contributed by atoms with Gasteiger partial charge >= 0.3 is 5.97 Å². The third kappa shape index (κ3) is 5.25. The number of nitrogens with two attached hydrogens (primary N) is 1. The lowest BCUT2D eigenvalue weighted by atomic mass is 10.0. The van der Waals surface area contributed by atoms with E-state index >= 15 is 0 Å². The van der Waals surface area contributed by atoms with Gasteiger partial charge in [-0.1, -0.05) is 25.8 Å². The third-order valence-electron chi connectivity index (χ3n) is 3.30. The molecule has 0 saturated carbocycles. The van der Waals surface area contributed by atoms with Crippen LogP contribution in [-0.2, 0) is 16.0 Å². The fourth-order valence-electron chi connectivity index (χ4n) is 1.97. The summed E-state index contributed by atoms with van der Waals surface area (Å²) in [5, 5.41) is 30.2. The molecule has 0 radical (unpaired) electrons. The first kappa shape index (κ1) is 17.8. The highest BCUT2D eigenvalue weighted by Crippen LogP contribution is 2.25. The van der Waals surface area contributed by atoms with Crippen LogP contribution in [0.3, 0.4) is 0 Å². The van der Waals surface area contributed by atoms with Gasteiger partial charge in [0.2, 0.25) is 5.91 Å². The molecule has 0 heterocycles. The second kappa shape index (κ2) is 8.23. The Kier molecular flexibility index (Phi) is 6.65. The maximum atomic E-state index is 11.9. The number of phenolic OH excluding ortho intramolecular Hbond substituents is 2. The summed E-state index contributed by atoms with van der Waals surface area (Å²) in [6.45, 7) is 1.97. The van der Waals surface area contributed by atoms with E-state index in [-0.39, 0.29) is 17.9 Å². The molecular weight excluding hydrogens is 288 g/mol. The number of hydrogen-bond acceptors (Lipinski definition) is 5. The van der Waals surface area contributed by atoms with Crippen molar-refractivity contribution >= 4 is 11.9 Å². The number of benzene rings is 1. The number of phenols is 2. The summed E-state index contributed by atoms with van der Waals surface area (Å²) in [6.07, 6.45) is 2.17. The maximum Gasteiger partial charge on any atom is 0.326 e. The van der Waals surface area contributed by atoms with Crippen LogP contribution < -0.4 is 11.1 Å². The fourth-order valence-corrected chi connectivity index (χ4v) is 1.97. The Hall–Kier alpha value is -2.28. The molecule has 2 atom stereocenters. The van der Waals surface area contributed by atoms with E-state index in [1.165, 1.54) is 18.2 Å². The quantitative estimate of drug-likeness (QED) is 0.449. The zero-order valence-electron chi connectivity index (χ0n) is 12.5. The average Bonchev–Trinajstić information content (AvgIpc) is 2.47. The standard InChI is InChI=1S/C15H22N2O5/c1-2-3-4-10(16)14(20)17-11(15(21)22)7-9-5-6-12(18)13(19)8-9/h5-6,8,10-11,18-19H,2-4,7,16H2,1H3,(H,17,20)(H,21,22)/t10-,11?/m0/s1. The van der Waals surface area contributed by atoms with Gasteiger partial charge in [0.05, 0.1) is 6.04 Å². The van der Waals surface area contributed by atoms with Crippen molar-refractivity contribution in [2.75, 3.05) is 0 Å². The molecule has 1 aromatic carbocycles. The molecule has 1 amide bonds. The number of rotatable bonds is 8. The maximum absolute atomic E-state index is 11.9. The first-order valence-corrected chi connectivity index (χ1v) is 7.14. The topological polar surface area (TPSA) is 133 Å². The molecule has 0 fully saturated rings. The van der Waals surface area contributed by atoms with Crippen molar-refractivity contribution in [2.24, 2.45) is 5.73 Å². The highest BCUT2D eigenvalue weighted by molar-refractivity contribution is 5.86. The predicted octanol–water partition coefficient (Wildman–Crippen LogP) is 0.727. The fraction of sp³-hybridized carbons (Fsp3) is 0.467. The molecule has 22 heavy (non-hydrogen) atoms. The zero-order valence-corrected chi connectivity index (χ0v) is 12.5. The molecule has 122 valence electrons. The van der Waals surface area contributed by atoms with Gasteiger partial charge in [0.15, 0.2) is 11.5 Å². The largest absolute Gasteiger partial charge is 0.504 e. The van der Waals surface area contributed by atoms with Gasteiger partial charge < -0.3 is 26.4 Å². The van der Waals surface area contributed by atoms with Crippen molar-refractivity contribution in [1.29, 1.82) is 0 Å². The number of carboxylic acids is 1. The van der Waals surface area contributed by atoms with Crippen molar-refractivity contribution in [2.45, 2.75) is 44.7 Å². The van der Waals surface area contributed by atoms with Gasteiger partial charge in [-0.3, -0.25) is 4.79 Å². The average molecular weight is 310 g/mol. The van der Waals surface area contributed by atoms with E-state index in [1.807, 2.05) is 6.92 Å². The summed E-state index contributed by atoms with van der Waals surface area (Å²) < 4.78 is 0. The van der Waals surface area contributed by atoms with Crippen molar-refractivity contribution in [3.63, 3.8) is 0 Å². The second-order valence-corrected chi connectivity index (χ2v) is 5.18. The number of hydrogen-bond donors (Lipinski definition) is 5. The Morgan fingerprint density at radius 2 is 1.95 bits per heavy atom. The first-order valence-electron chi connectivity index (χ1n) is 7.14. The normalized spacial score (nSPS) is 13.4. The molecule has 0 aliphatic heterocycles. The predicted molar refractivity (Wildman–Crippen MR) is 80.5 cm³/mol. The lowest BCUT2D eigenvalue weighted by molar-refractivity contribution is -0.142. The molecule has 7 nitrogen and oxygen atoms in total. The van der Waals surface area contributed by atoms with Gasteiger partial charge in [0.25, 0.3) is 0 Å². The molecule has 7 heteroatoms. The van der Waals surface area contributed by atoms with E-state index in [0.29, 0.717) is 12.0 Å². The lowest BCUT2D eigenvalue weighted by Crippen LogP contribution is -2.49. The molecule has 0 saturated heterocycles. The molecule has 1 rings (SSSR count). The number of unbranched alkanes of at least 4 members (excludes halogenated alkanes) is 1. The monoisotopic (exact) mass is 310 g/mol. The van der Waals surface area contributed by atoms with E-state index < -0.39 is 24.0 Å². The van der Waals surface area contributed by atoms with Crippen LogP contribution in [0.2, 0.25) is 0 Å². The van der Waals surface area contributed by atoms with Crippen LogP contribution in [0.5, 0.6) is 11.5 Å². The van der Waals surface area contributed by atoms with Crippen LogP contribution in [-0.4, -0.2) is 39.3 Å². The number of carbonyl (C=O) groups excluding carboxylic acids is 1. The smallest absolute Gasteiger partial charge is 0.326 e. The Balaban J connectivity index is 2.71. The molecule has 0 bridgehead atoms. The minimum Gasteiger partial charge on any atom is -0.504 e. The van der Waals surface area contributed by atoms with Gasteiger partial charge in [0, 0.05) is 6.42 Å². The summed E-state index contributed by atoms with van der Waals surface area (Å²) >= 11 is 0. The van der Waals surface area contributed by atoms with Gasteiger partial charge in [-0.15, -0.1) is 0 Å². The second-order valence-electron chi connectivity index (χ2n) is 5.18. The van der Waals surface area contributed by atoms with Gasteiger partial charge in [-0.05, 0) is 24.1 Å². The summed E-state index contributed by atoms with van der Waals surface area (Å²) in [4.78, 5) is 23.1. The van der Waals surface area contributed by atoms with Crippen LogP contribution in [0.15, 0.2) is 18.2 Å². The van der Waals surface area contributed by atoms with E-state index in [9.17, 15) is 24.9 Å². The van der Waals surface area contributed by atoms with E-state index in [4.69, 9.17) is 5.73 Å². The molecule has 6 N–H and O–H groups in total.